The Kier molecular flexibility index (Phi) is 8.88. The lowest BCUT2D eigenvalue weighted by Crippen LogP contribution is -2.30. The fourth-order valence-electron chi connectivity index (χ4n) is 3.61. The Bertz CT molecular complexity index is 972. The van der Waals surface area contributed by atoms with Crippen molar-refractivity contribution < 1.29 is 18.3 Å². The van der Waals surface area contributed by atoms with Crippen LogP contribution in [-0.2, 0) is 15.0 Å². The first-order valence-corrected chi connectivity index (χ1v) is 10.9. The van der Waals surface area contributed by atoms with Crippen molar-refractivity contribution in [3.05, 3.63) is 108 Å². The Morgan fingerprint density at radius 2 is 1.15 bits per heavy atom. The molecule has 0 aliphatic heterocycles. The minimum Gasteiger partial charge on any atom is -0.342 e. The average molecular weight is 448 g/mol. The summed E-state index contributed by atoms with van der Waals surface area (Å²) in [5.41, 5.74) is 0.531. The van der Waals surface area contributed by atoms with Gasteiger partial charge in [0.05, 0.1) is 0 Å². The van der Waals surface area contributed by atoms with Crippen LogP contribution in [0.1, 0.15) is 30.5 Å². The molecular formula is C28H27F2NO2. The summed E-state index contributed by atoms with van der Waals surface area (Å²) in [6, 6.07) is 28.3. The van der Waals surface area contributed by atoms with Gasteiger partial charge in [-0.1, -0.05) is 91.0 Å². The minimum atomic E-state index is -2.88. The Labute approximate surface area is 194 Å². The number of ether oxygens (including phenoxy) is 2. The van der Waals surface area contributed by atoms with Gasteiger partial charge in [0, 0.05) is 13.2 Å². The van der Waals surface area contributed by atoms with E-state index in [1.54, 1.807) is 13.8 Å². The number of hydrogen-bond acceptors (Lipinski definition) is 3. The van der Waals surface area contributed by atoms with E-state index in [0.29, 0.717) is 13.2 Å². The maximum atomic E-state index is 14.3. The summed E-state index contributed by atoms with van der Waals surface area (Å²) < 4.78 is 39.4. The minimum absolute atomic E-state index is 0.350. The molecule has 0 saturated carbocycles. The lowest BCUT2D eigenvalue weighted by Gasteiger charge is -2.32. The van der Waals surface area contributed by atoms with Crippen molar-refractivity contribution in [1.82, 2.24) is 0 Å². The molecule has 5 heteroatoms. The van der Waals surface area contributed by atoms with Crippen molar-refractivity contribution in [1.29, 1.82) is 0 Å². The molecule has 0 aliphatic carbocycles. The number of rotatable bonds is 9. The Hall–Kier alpha value is -3.33. The van der Waals surface area contributed by atoms with Crippen LogP contribution in [0.4, 0.5) is 8.78 Å². The van der Waals surface area contributed by atoms with Gasteiger partial charge in [0.15, 0.2) is 5.71 Å². The SMILES string of the molecule is CCOC(C#CC(=NC(c1ccccc1)(c1ccccc1)c1ccccc1)C(F)F)OCC. The monoisotopic (exact) mass is 447 g/mol. The van der Waals surface area contributed by atoms with Crippen LogP contribution in [0.2, 0.25) is 0 Å². The third kappa shape index (κ3) is 5.92. The van der Waals surface area contributed by atoms with Gasteiger partial charge >= 0.3 is 0 Å². The van der Waals surface area contributed by atoms with E-state index >= 15 is 0 Å². The number of nitrogens with zero attached hydrogens (tertiary/aromatic N) is 1. The van der Waals surface area contributed by atoms with Crippen LogP contribution in [0.5, 0.6) is 0 Å². The second kappa shape index (κ2) is 12.1. The fourth-order valence-corrected chi connectivity index (χ4v) is 3.61. The number of hydrogen-bond donors (Lipinski definition) is 0. The zero-order valence-electron chi connectivity index (χ0n) is 18.7. The van der Waals surface area contributed by atoms with E-state index < -0.39 is 24.0 Å². The molecule has 170 valence electrons. The van der Waals surface area contributed by atoms with Crippen molar-refractivity contribution >= 4 is 5.71 Å². The molecule has 3 aromatic carbocycles. The predicted octanol–water partition coefficient (Wildman–Crippen LogP) is 6.09. The van der Waals surface area contributed by atoms with Crippen LogP contribution in [0.25, 0.3) is 0 Å². The molecule has 0 amide bonds. The lowest BCUT2D eigenvalue weighted by molar-refractivity contribution is -0.0969. The molecule has 3 rings (SSSR count). The topological polar surface area (TPSA) is 30.8 Å². The van der Waals surface area contributed by atoms with Crippen molar-refractivity contribution in [2.45, 2.75) is 32.1 Å². The summed E-state index contributed by atoms with van der Waals surface area (Å²) in [5, 5.41) is 0. The van der Waals surface area contributed by atoms with Crippen LogP contribution >= 0.6 is 0 Å². The highest BCUT2D eigenvalue weighted by atomic mass is 19.3. The Morgan fingerprint density at radius 1 is 0.758 bits per heavy atom. The summed E-state index contributed by atoms with van der Waals surface area (Å²) in [4.78, 5) is 4.69. The molecule has 0 N–H and O–H groups in total. The first-order chi connectivity index (χ1) is 16.1. The number of halogens is 2. The number of alkyl halides is 2. The van der Waals surface area contributed by atoms with Crippen molar-refractivity contribution in [3.8, 4) is 11.8 Å². The Balaban J connectivity index is 2.29. The molecular weight excluding hydrogens is 420 g/mol. The van der Waals surface area contributed by atoms with Gasteiger partial charge in [-0.25, -0.2) is 8.78 Å². The molecule has 0 spiro atoms. The molecule has 3 nitrogen and oxygen atoms in total. The molecule has 0 fully saturated rings. The van der Waals surface area contributed by atoms with E-state index in [9.17, 15) is 8.78 Å². The largest absolute Gasteiger partial charge is 0.342 e. The lowest BCUT2D eigenvalue weighted by atomic mass is 9.77. The van der Waals surface area contributed by atoms with Crippen LogP contribution in [0.15, 0.2) is 96.0 Å². The molecule has 0 unspecified atom stereocenters. The number of aliphatic imine (C=N–C) groups is 1. The fraction of sp³-hybridized carbons (Fsp3) is 0.250. The summed E-state index contributed by atoms with van der Waals surface area (Å²) >= 11 is 0. The molecule has 0 atom stereocenters. The van der Waals surface area contributed by atoms with Gasteiger partial charge < -0.3 is 9.47 Å². The summed E-state index contributed by atoms with van der Waals surface area (Å²) in [7, 11) is 0. The second-order valence-electron chi connectivity index (χ2n) is 7.12. The molecule has 0 bridgehead atoms. The van der Waals surface area contributed by atoms with Gasteiger partial charge in [-0.3, -0.25) is 4.99 Å². The summed E-state index contributed by atoms with van der Waals surface area (Å²) in [6.45, 7) is 4.28. The highest BCUT2D eigenvalue weighted by Crippen LogP contribution is 2.41. The molecule has 0 heterocycles. The maximum absolute atomic E-state index is 14.3. The summed E-state index contributed by atoms with van der Waals surface area (Å²) in [6.07, 6.45) is -3.78. The van der Waals surface area contributed by atoms with Crippen molar-refractivity contribution in [2.75, 3.05) is 13.2 Å². The molecule has 0 radical (unpaired) electrons. The van der Waals surface area contributed by atoms with Gasteiger partial charge in [-0.2, -0.15) is 0 Å². The second-order valence-corrected chi connectivity index (χ2v) is 7.12. The average Bonchev–Trinajstić information content (AvgIpc) is 2.86. The van der Waals surface area contributed by atoms with E-state index in [1.807, 2.05) is 91.0 Å². The van der Waals surface area contributed by atoms with E-state index in [0.717, 1.165) is 16.7 Å². The van der Waals surface area contributed by atoms with Crippen molar-refractivity contribution in [3.63, 3.8) is 0 Å². The van der Waals surface area contributed by atoms with Gasteiger partial charge in [0.2, 0.25) is 6.29 Å². The Morgan fingerprint density at radius 3 is 1.48 bits per heavy atom. The third-order valence-corrected chi connectivity index (χ3v) is 5.02. The van der Waals surface area contributed by atoms with Crippen LogP contribution < -0.4 is 0 Å². The molecule has 0 aromatic heterocycles. The van der Waals surface area contributed by atoms with Crippen LogP contribution in [0, 0.1) is 11.8 Å². The van der Waals surface area contributed by atoms with Crippen LogP contribution in [0.3, 0.4) is 0 Å². The van der Waals surface area contributed by atoms with Crippen LogP contribution in [-0.4, -0.2) is 31.6 Å². The first-order valence-electron chi connectivity index (χ1n) is 10.9. The number of benzene rings is 3. The van der Waals surface area contributed by atoms with Gasteiger partial charge in [-0.15, -0.1) is 0 Å². The zero-order valence-corrected chi connectivity index (χ0v) is 18.7. The zero-order chi connectivity index (χ0) is 23.5. The van der Waals surface area contributed by atoms with E-state index in [2.05, 4.69) is 11.8 Å². The highest BCUT2D eigenvalue weighted by Gasteiger charge is 2.37. The summed E-state index contributed by atoms with van der Waals surface area (Å²) in [5.74, 6) is 5.23. The van der Waals surface area contributed by atoms with E-state index in [4.69, 9.17) is 14.5 Å². The maximum Gasteiger partial charge on any atom is 0.287 e. The van der Waals surface area contributed by atoms with E-state index in [-0.39, 0.29) is 0 Å². The van der Waals surface area contributed by atoms with Gasteiger partial charge in [0.25, 0.3) is 6.43 Å². The van der Waals surface area contributed by atoms with Gasteiger partial charge in [0.1, 0.15) is 5.54 Å². The van der Waals surface area contributed by atoms with E-state index in [1.165, 1.54) is 0 Å². The molecule has 0 aliphatic rings. The van der Waals surface area contributed by atoms with Crippen molar-refractivity contribution in [2.24, 2.45) is 4.99 Å². The molecule has 0 saturated heterocycles. The predicted molar refractivity (Wildman–Crippen MR) is 127 cm³/mol. The first kappa shape index (κ1) is 24.3. The molecule has 33 heavy (non-hydrogen) atoms. The quantitative estimate of drug-likeness (QED) is 0.172. The normalized spacial score (nSPS) is 12.0. The molecule has 3 aromatic rings. The smallest absolute Gasteiger partial charge is 0.287 e. The standard InChI is InChI=1S/C28H27F2NO2/c1-3-32-26(33-4-2)21-20-25(27(29)30)31-28(22-14-8-5-9-15-22,23-16-10-6-11-17-23)24-18-12-7-13-19-24/h5-19,26-27H,3-4H2,1-2H3. The highest BCUT2D eigenvalue weighted by molar-refractivity contribution is 6.03. The van der Waals surface area contributed by atoms with Gasteiger partial charge in [-0.05, 0) is 42.4 Å². The third-order valence-electron chi connectivity index (χ3n) is 5.02.